The Kier molecular flexibility index (Phi) is 28.8. The van der Waals surface area contributed by atoms with E-state index in [9.17, 15) is 17.6 Å². The first-order chi connectivity index (χ1) is 69.1. The summed E-state index contributed by atoms with van der Waals surface area (Å²) in [5, 5.41) is 25.1. The predicted molar refractivity (Wildman–Crippen MR) is 554 cm³/mol. The zero-order chi connectivity index (χ0) is 99.8. The number of aromatic amines is 1. The molecule has 5 aromatic carbocycles. The van der Waals surface area contributed by atoms with E-state index in [4.69, 9.17) is 39.9 Å². The summed E-state index contributed by atoms with van der Waals surface area (Å²) in [6.07, 6.45) is 18.8. The molecule has 0 radical (unpaired) electrons. The highest BCUT2D eigenvalue weighted by Gasteiger charge is 2.27. The molecule has 0 spiro atoms. The number of para-hydroxylation sites is 2. The van der Waals surface area contributed by atoms with Crippen molar-refractivity contribution in [1.29, 1.82) is 0 Å². The van der Waals surface area contributed by atoms with Gasteiger partial charge in [0.1, 0.15) is 51.7 Å². The van der Waals surface area contributed by atoms with Crippen molar-refractivity contribution < 1.29 is 17.6 Å². The number of rotatable bonds is 28. The van der Waals surface area contributed by atoms with Gasteiger partial charge in [0.2, 0.25) is 23.8 Å². The first-order valence-corrected chi connectivity index (χ1v) is 47.3. The third kappa shape index (κ3) is 22.7. The quantitative estimate of drug-likeness (QED) is 0.0285. The van der Waals surface area contributed by atoms with E-state index in [1.54, 1.807) is 89.3 Å². The average molecular weight is 1940 g/mol. The SMILES string of the molecule is CC(Nc1nccc(-c2c(-c3ccc(F)cc3)nc3cc(CN(C)C)ccn23)n1)c1nc2ccccc2[nH]1.Cc1c(CNc2nccc(-c3c(-c4ccc(F)cc4)nc4cc(CN(C)C)ccn34)n2)cnn1C.Cc1nc(C(C)Nc2nccc(-c3c(-c4ccc(F)cc4)nc4cc(CN(C)C)ccn34)n2)cs1.Cc1nn(C)cc1CNc1nccc(-c2c(-c3ccc(F)cc3)nc3cc(CN(C)C)ccn23)n1. The largest absolute Gasteiger partial charge is 0.350 e. The summed E-state index contributed by atoms with van der Waals surface area (Å²) in [6.45, 7) is 14.4. The molecule has 0 bridgehead atoms. The third-order valence-electron chi connectivity index (χ3n) is 23.7. The highest BCUT2D eigenvalue weighted by molar-refractivity contribution is 7.09. The molecule has 2 unspecified atom stereocenters. The van der Waals surface area contributed by atoms with Crippen LogP contribution in [-0.4, -0.2) is 188 Å². The Morgan fingerprint density at radius 3 is 1.07 bits per heavy atom. The first kappa shape index (κ1) is 96.7. The van der Waals surface area contributed by atoms with Gasteiger partial charge in [-0.05, 0) is 295 Å². The van der Waals surface area contributed by atoms with Gasteiger partial charge >= 0.3 is 0 Å². The molecule has 0 aliphatic rings. The number of halogens is 4. The zero-order valence-corrected chi connectivity index (χ0v) is 82.6. The van der Waals surface area contributed by atoms with Crippen molar-refractivity contribution in [1.82, 2.24) is 132 Å². The van der Waals surface area contributed by atoms with E-state index in [2.05, 4.69) is 134 Å². The van der Waals surface area contributed by atoms with Crippen LogP contribution in [0.4, 0.5) is 41.4 Å². The summed E-state index contributed by atoms with van der Waals surface area (Å²) < 4.78 is 66.4. The minimum Gasteiger partial charge on any atom is -0.350 e. The Morgan fingerprint density at radius 1 is 0.392 bits per heavy atom. The second kappa shape index (κ2) is 42.7. The van der Waals surface area contributed by atoms with E-state index in [1.807, 2.05) is 218 Å². The number of nitrogens with one attached hydrogen (secondary N) is 5. The van der Waals surface area contributed by atoms with E-state index in [0.29, 0.717) is 42.6 Å². The van der Waals surface area contributed by atoms with Gasteiger partial charge in [-0.1, -0.05) is 12.1 Å². The van der Waals surface area contributed by atoms with Crippen LogP contribution in [-0.2, 0) is 53.4 Å². The number of anilines is 4. The number of pyridine rings is 4. The van der Waals surface area contributed by atoms with Gasteiger partial charge in [-0.3, -0.25) is 27.0 Å². The van der Waals surface area contributed by atoms with Gasteiger partial charge in [-0.2, -0.15) is 10.2 Å². The van der Waals surface area contributed by atoms with Crippen LogP contribution in [0.3, 0.4) is 0 Å². The lowest BCUT2D eigenvalue weighted by molar-refractivity contribution is 0.402. The molecule has 0 fully saturated rings. The molecule has 143 heavy (non-hydrogen) atoms. The maximum atomic E-state index is 13.7. The van der Waals surface area contributed by atoms with Crippen molar-refractivity contribution in [3.63, 3.8) is 0 Å². The van der Waals surface area contributed by atoms with Crippen molar-refractivity contribution in [2.45, 2.75) is 86.0 Å². The summed E-state index contributed by atoms with van der Waals surface area (Å²) >= 11 is 1.62. The highest BCUT2D eigenvalue weighted by Crippen LogP contribution is 2.39. The van der Waals surface area contributed by atoms with Crippen LogP contribution in [0.5, 0.6) is 0 Å². The lowest BCUT2D eigenvalue weighted by atomic mass is 10.1. The molecule has 0 saturated heterocycles. The van der Waals surface area contributed by atoms with Crippen LogP contribution < -0.4 is 21.3 Å². The molecule has 0 aliphatic heterocycles. The van der Waals surface area contributed by atoms with Crippen LogP contribution in [0.25, 0.3) is 124 Å². The average Bonchev–Trinajstić information content (AvgIpc) is 1.63. The fourth-order valence-electron chi connectivity index (χ4n) is 16.9. The third-order valence-corrected chi connectivity index (χ3v) is 24.5. The molecule has 21 aromatic rings. The molecular formula is C107H107F4N31S. The van der Waals surface area contributed by atoms with Crippen molar-refractivity contribution in [3.8, 4) is 90.6 Å². The molecule has 31 nitrogen and oxygen atoms in total. The number of fused-ring (bicyclic) bond motifs is 5. The van der Waals surface area contributed by atoms with Crippen molar-refractivity contribution in [3.05, 3.63) is 346 Å². The summed E-state index contributed by atoms with van der Waals surface area (Å²) in [5.41, 5.74) is 27.2. The van der Waals surface area contributed by atoms with E-state index in [1.165, 1.54) is 48.5 Å². The molecule has 16 aromatic heterocycles. The number of aromatic nitrogens is 23. The molecule has 0 amide bonds. The number of imidazole rings is 5. The summed E-state index contributed by atoms with van der Waals surface area (Å²) in [4.78, 5) is 77.8. The maximum Gasteiger partial charge on any atom is 0.223 e. The smallest absolute Gasteiger partial charge is 0.223 e. The lowest BCUT2D eigenvalue weighted by Gasteiger charge is -2.13. The standard InChI is InChI=1S/C29H27FN8.2C26H27FN8.C26H26FN7S/c1-18(28-33-22-6-4-5-7-23(22)34-28)32-29-31-14-12-24(35-29)27-26(20-8-10-21(30)11-9-20)36-25-16-19(17-37(2)3)13-15-38(25)27;1-17-20(15-30-34(17)4)14-29-26-28-11-9-22(31-26)25-24(19-5-7-21(27)8-6-19)32-23-13-18(16-33(2)3)10-12-35(23)25;1-17-20(16-34(4)32-17)14-29-26-28-11-9-22(30-26)25-24(19-5-7-21(27)8-6-19)31-23-13-18(15-33(2)3)10-12-35(23)25;1-16(22-15-35-17(2)30-22)29-26-28-11-9-21(31-26)25-24(19-5-7-20(27)8-6-19)32-23-13-18(14-33(3)4)10-12-34(23)25/h4-16,18H,17H2,1-3H3,(H,33,34)(H,31,32,35);5-13,15H,14,16H2,1-4H3,(H,28,29,31);5-13,16H,14-15H2,1-4H3,(H,28,29,30);5-13,15-16H,14H2,1-4H3,(H,28,29,31). The summed E-state index contributed by atoms with van der Waals surface area (Å²) in [5.74, 6) is 1.65. The zero-order valence-electron chi connectivity index (χ0n) is 81.8. The van der Waals surface area contributed by atoms with E-state index in [-0.39, 0.29) is 35.4 Å². The van der Waals surface area contributed by atoms with Gasteiger partial charge in [-0.25, -0.2) is 87.3 Å². The van der Waals surface area contributed by atoms with Crippen LogP contribution in [0.2, 0.25) is 0 Å². The molecule has 21 rings (SSSR count). The Balaban J connectivity index is 0.000000126. The van der Waals surface area contributed by atoms with Crippen molar-refractivity contribution >= 4 is 68.8 Å². The first-order valence-electron chi connectivity index (χ1n) is 46.4. The Morgan fingerprint density at radius 2 is 0.741 bits per heavy atom. The van der Waals surface area contributed by atoms with Gasteiger partial charge in [0.05, 0.1) is 114 Å². The molecule has 5 N–H and O–H groups in total. The molecule has 724 valence electrons. The molecule has 2 atom stereocenters. The topological polar surface area (TPSA) is 311 Å². The monoisotopic (exact) mass is 1930 g/mol. The van der Waals surface area contributed by atoms with Crippen LogP contribution in [0.15, 0.2) is 261 Å². The second-order valence-electron chi connectivity index (χ2n) is 36.0. The Bertz CT molecular complexity index is 7840. The van der Waals surface area contributed by atoms with E-state index in [0.717, 1.165) is 206 Å². The van der Waals surface area contributed by atoms with E-state index >= 15 is 0 Å². The van der Waals surface area contributed by atoms with Gasteiger partial charge in [0.15, 0.2) is 0 Å². The van der Waals surface area contributed by atoms with Gasteiger partial charge in [-0.15, -0.1) is 11.3 Å². The molecule has 16 heterocycles. The van der Waals surface area contributed by atoms with Crippen LogP contribution >= 0.6 is 11.3 Å². The summed E-state index contributed by atoms with van der Waals surface area (Å²) in [6, 6.07) is 57.3. The predicted octanol–water partition coefficient (Wildman–Crippen LogP) is 19.9. The number of thiazole rings is 1. The normalized spacial score (nSPS) is 12.0. The lowest BCUT2D eigenvalue weighted by Crippen LogP contribution is -2.11. The Labute approximate surface area is 827 Å². The minimum absolute atomic E-state index is 0.0393. The number of hydrogen-bond donors (Lipinski definition) is 5. The van der Waals surface area contributed by atoms with Crippen LogP contribution in [0.1, 0.15) is 87.2 Å². The van der Waals surface area contributed by atoms with Gasteiger partial charge in [0, 0.05) is 154 Å². The van der Waals surface area contributed by atoms with Crippen LogP contribution in [0, 0.1) is 44.0 Å². The minimum atomic E-state index is -0.291. The Hall–Kier alpha value is -16.5. The molecule has 36 heteroatoms. The fourth-order valence-corrected chi connectivity index (χ4v) is 17.6. The molecule has 0 saturated carbocycles. The second-order valence-corrected chi connectivity index (χ2v) is 37.1. The highest BCUT2D eigenvalue weighted by atomic mass is 32.1. The number of aryl methyl sites for hydroxylation is 4. The number of H-pyrrole nitrogens is 1. The van der Waals surface area contributed by atoms with Gasteiger partial charge < -0.3 is 45.9 Å². The van der Waals surface area contributed by atoms with Crippen molar-refractivity contribution in [2.24, 2.45) is 14.1 Å². The van der Waals surface area contributed by atoms with E-state index < -0.39 is 0 Å². The molecule has 0 aliphatic carbocycles. The van der Waals surface area contributed by atoms with Gasteiger partial charge in [0.25, 0.3) is 0 Å². The molecular weight excluding hydrogens is 1830 g/mol. The number of nitrogens with zero attached hydrogens (tertiary/aromatic N) is 26. The maximum absolute atomic E-state index is 13.7. The fraction of sp³-hybridized carbons (Fsp3) is 0.215. The van der Waals surface area contributed by atoms with Crippen molar-refractivity contribution in [2.75, 3.05) is 77.6 Å². The summed E-state index contributed by atoms with van der Waals surface area (Å²) in [7, 11) is 20.1. The number of benzene rings is 5. The number of hydrogen-bond acceptors (Lipinski definition) is 25.